The number of allylic oxidation sites excluding steroid dienone is 1. The molecular formula is C47H65F3N6O11S2. The maximum absolute atomic E-state index is 15.1. The van der Waals surface area contributed by atoms with Crippen molar-refractivity contribution in [1.29, 1.82) is 0 Å². The number of nitrogens with one attached hydrogen (secondary N) is 3. The molecule has 1 saturated carbocycles. The maximum atomic E-state index is 15.1. The van der Waals surface area contributed by atoms with Gasteiger partial charge in [-0.15, -0.1) is 0 Å². The second-order valence-electron chi connectivity index (χ2n) is 20.5. The first-order valence-corrected chi connectivity index (χ1v) is 27.2. The number of sulfonamides is 2. The molecule has 1 aliphatic carbocycles. The molecule has 3 fully saturated rings. The number of carbonyl (C=O) groups is 4. The summed E-state index contributed by atoms with van der Waals surface area (Å²) in [6.45, 7) is 8.87. The van der Waals surface area contributed by atoms with E-state index in [9.17, 15) is 36.0 Å². The van der Waals surface area contributed by atoms with Crippen LogP contribution < -0.4 is 24.8 Å². The third-order valence-electron chi connectivity index (χ3n) is 14.5. The summed E-state index contributed by atoms with van der Waals surface area (Å²) >= 11 is 0. The van der Waals surface area contributed by atoms with E-state index in [1.807, 2.05) is 19.9 Å². The van der Waals surface area contributed by atoms with Gasteiger partial charge in [-0.25, -0.2) is 30.9 Å². The number of amides is 4. The number of halogens is 3. The van der Waals surface area contributed by atoms with Gasteiger partial charge in [-0.3, -0.25) is 19.1 Å². The zero-order chi connectivity index (χ0) is 50.3. The first-order valence-electron chi connectivity index (χ1n) is 23.8. The molecule has 1 aromatic carbocycles. The summed E-state index contributed by atoms with van der Waals surface area (Å²) in [7, 11) is -7.50. The Bertz CT molecular complexity index is 2570. The first-order chi connectivity index (χ1) is 32.2. The summed E-state index contributed by atoms with van der Waals surface area (Å²) in [4.78, 5) is 62.4. The molecule has 2 saturated heterocycles. The molecule has 382 valence electrons. The Labute approximate surface area is 402 Å². The smallest absolute Gasteiger partial charge is 0.437 e. The number of aryl methyl sites for hydroxylation is 1. The van der Waals surface area contributed by atoms with E-state index < -0.39 is 95.4 Å². The van der Waals surface area contributed by atoms with Crippen LogP contribution in [0.1, 0.15) is 117 Å². The molecule has 3 N–H and O–H groups in total. The quantitative estimate of drug-likeness (QED) is 0.243. The third kappa shape index (κ3) is 11.6. The van der Waals surface area contributed by atoms with E-state index in [-0.39, 0.29) is 68.4 Å². The Balaban J connectivity index is 1.23. The highest BCUT2D eigenvalue weighted by Crippen LogP contribution is 2.49. The highest BCUT2D eigenvalue weighted by molar-refractivity contribution is 7.91. The van der Waals surface area contributed by atoms with Crippen molar-refractivity contribution in [3.63, 3.8) is 0 Å². The van der Waals surface area contributed by atoms with Crippen LogP contribution in [0.3, 0.4) is 0 Å². The number of fused-ring (bicyclic) bond motifs is 4. The lowest BCUT2D eigenvalue weighted by Crippen LogP contribution is -2.64. The van der Waals surface area contributed by atoms with E-state index in [1.165, 1.54) is 41.4 Å². The van der Waals surface area contributed by atoms with Gasteiger partial charge in [0.1, 0.15) is 29.0 Å². The fraction of sp³-hybridized carbons (Fsp3) is 0.681. The van der Waals surface area contributed by atoms with Gasteiger partial charge in [0, 0.05) is 36.4 Å². The number of aromatic nitrogens is 1. The second-order valence-corrected chi connectivity index (χ2v) is 24.6. The van der Waals surface area contributed by atoms with Gasteiger partial charge in [0.2, 0.25) is 31.9 Å². The van der Waals surface area contributed by atoms with E-state index in [0.717, 1.165) is 0 Å². The normalized spacial score (nSPS) is 27.9. The molecule has 69 heavy (non-hydrogen) atoms. The van der Waals surface area contributed by atoms with Crippen LogP contribution in [0, 0.1) is 17.8 Å². The number of alkyl halides is 3. The Morgan fingerprint density at radius 1 is 1.03 bits per heavy atom. The van der Waals surface area contributed by atoms with Crippen molar-refractivity contribution < 1.29 is 63.4 Å². The van der Waals surface area contributed by atoms with Gasteiger partial charge in [0.05, 0.1) is 36.3 Å². The fourth-order valence-corrected chi connectivity index (χ4v) is 11.7. The maximum Gasteiger partial charge on any atom is 0.437 e. The summed E-state index contributed by atoms with van der Waals surface area (Å²) in [5.74, 6) is -3.55. The summed E-state index contributed by atoms with van der Waals surface area (Å²) < 4.78 is 116. The lowest BCUT2D eigenvalue weighted by molar-refractivity contribution is -0.144. The van der Waals surface area contributed by atoms with Gasteiger partial charge >= 0.3 is 12.3 Å². The highest BCUT2D eigenvalue weighted by atomic mass is 32.2. The van der Waals surface area contributed by atoms with Crippen LogP contribution in [0.5, 0.6) is 11.5 Å². The van der Waals surface area contributed by atoms with Gasteiger partial charge < -0.3 is 29.7 Å². The van der Waals surface area contributed by atoms with Crippen LogP contribution in [0.25, 0.3) is 10.9 Å². The third-order valence-corrected chi connectivity index (χ3v) is 17.9. The molecule has 1 aromatic heterocycles. The topological polar surface area (TPSA) is 220 Å². The predicted octanol–water partition coefficient (Wildman–Crippen LogP) is 5.75. The molecule has 5 heterocycles. The summed E-state index contributed by atoms with van der Waals surface area (Å²) in [5.41, 5.74) is -4.56. The SMILES string of the molecule is CC(C)COC(=O)N[C@H]1CCCCC/C=C\[C@H](C)[C@](C)(C(=O)NS(=O)(=O)C2(C)CC2)NC(=O)[C@@H]2C[C@]3(CCc4c(c(C(F)(F)F)nc5ccc(OCC6CCN(S(C)(=O)=O)CC6)cc45)O3)CN2C1=O. The number of hydrogen-bond acceptors (Lipinski definition) is 12. The zero-order valence-corrected chi connectivity index (χ0v) is 41.7. The lowest BCUT2D eigenvalue weighted by Gasteiger charge is -2.37. The minimum atomic E-state index is -5.00. The summed E-state index contributed by atoms with van der Waals surface area (Å²) in [6.07, 6.45) is 2.88. The number of piperidine rings is 1. The second kappa shape index (κ2) is 19.8. The molecule has 0 unspecified atom stereocenters. The van der Waals surface area contributed by atoms with Crippen LogP contribution in [-0.4, -0.2) is 122 Å². The molecule has 0 radical (unpaired) electrons. The van der Waals surface area contributed by atoms with Crippen LogP contribution in [0.15, 0.2) is 30.4 Å². The monoisotopic (exact) mass is 1010 g/mol. The van der Waals surface area contributed by atoms with E-state index >= 15 is 13.2 Å². The molecule has 5 atom stereocenters. The molecule has 4 aliphatic heterocycles. The van der Waals surface area contributed by atoms with Gasteiger partial charge in [0.15, 0.2) is 11.4 Å². The van der Waals surface area contributed by atoms with Crippen molar-refractivity contribution in [3.8, 4) is 11.5 Å². The minimum absolute atomic E-state index is 0.00297. The molecule has 4 amide bonds. The van der Waals surface area contributed by atoms with E-state index in [0.29, 0.717) is 75.6 Å². The number of carbonyl (C=O) groups excluding carboxylic acids is 4. The molecule has 1 spiro atoms. The summed E-state index contributed by atoms with van der Waals surface area (Å²) in [5, 5.41) is 5.79. The van der Waals surface area contributed by atoms with E-state index in [1.54, 1.807) is 19.1 Å². The number of benzene rings is 1. The Kier molecular flexibility index (Phi) is 15.0. The number of rotatable bonds is 10. The molecule has 0 bridgehead atoms. The molecule has 22 heteroatoms. The van der Waals surface area contributed by atoms with E-state index in [2.05, 4.69) is 20.3 Å². The number of pyridine rings is 1. The average molecular weight is 1010 g/mol. The molecular weight excluding hydrogens is 946 g/mol. The van der Waals surface area contributed by atoms with Crippen molar-refractivity contribution in [2.24, 2.45) is 17.8 Å². The first kappa shape index (κ1) is 52.1. The average Bonchev–Trinajstić information content (AvgIpc) is 3.95. The lowest BCUT2D eigenvalue weighted by atomic mass is 9.84. The molecule has 2 aromatic rings. The highest BCUT2D eigenvalue weighted by Gasteiger charge is 2.57. The Morgan fingerprint density at radius 2 is 1.74 bits per heavy atom. The van der Waals surface area contributed by atoms with E-state index in [4.69, 9.17) is 14.2 Å². The van der Waals surface area contributed by atoms with Gasteiger partial charge in [-0.05, 0) is 102 Å². The molecule has 7 rings (SSSR count). The summed E-state index contributed by atoms with van der Waals surface area (Å²) in [6, 6.07) is 1.88. The zero-order valence-electron chi connectivity index (χ0n) is 40.1. The van der Waals surface area contributed by atoms with Gasteiger partial charge in [-0.2, -0.15) is 13.2 Å². The van der Waals surface area contributed by atoms with Gasteiger partial charge in [0.25, 0.3) is 5.91 Å². The van der Waals surface area contributed by atoms with Crippen molar-refractivity contribution in [2.75, 3.05) is 39.1 Å². The standard InChI is InChI=1S/C47H65F3N6O11S2/c1-29(2)26-66-43(60)52-36-13-11-9-7-8-10-12-30(3)45(5,42(59)54-69(63,64)44(4)20-21-44)53-40(57)37-25-46(28-56(37)41(36)58)19-16-33-34-24-32(65-27-31-17-22-55(23-18-31)68(6,61)62)14-15-35(34)51-39(38(33)67-46)47(48,49)50/h10,12,14-15,24,29-31,36-37H,7-9,11,13,16-23,25-28H2,1-6H3,(H,52,60)(H,53,57)(H,54,59)/b12-10-/t30-,36-,37-,45+,46+/m0/s1. The minimum Gasteiger partial charge on any atom is -0.493 e. The number of alkyl carbamates (subject to hydrolysis) is 1. The fourth-order valence-electron chi connectivity index (χ4n) is 9.52. The molecule has 17 nitrogen and oxygen atoms in total. The van der Waals surface area contributed by atoms with Crippen molar-refractivity contribution in [3.05, 3.63) is 41.6 Å². The Morgan fingerprint density at radius 3 is 2.39 bits per heavy atom. The largest absolute Gasteiger partial charge is 0.493 e. The van der Waals surface area contributed by atoms with Crippen molar-refractivity contribution in [1.82, 2.24) is 29.5 Å². The number of ether oxygens (including phenoxy) is 3. The Hall–Kier alpha value is -4.70. The number of nitrogens with zero attached hydrogens (tertiary/aromatic N) is 3. The van der Waals surface area contributed by atoms with Crippen LogP contribution in [0.2, 0.25) is 0 Å². The van der Waals surface area contributed by atoms with Crippen LogP contribution in [-0.2, 0) is 51.8 Å². The van der Waals surface area contributed by atoms with Gasteiger partial charge in [-0.1, -0.05) is 45.8 Å². The predicted molar refractivity (Wildman–Crippen MR) is 249 cm³/mol. The molecule has 5 aliphatic rings. The van der Waals surface area contributed by atoms with Crippen molar-refractivity contribution >= 4 is 54.8 Å². The van der Waals surface area contributed by atoms with Crippen LogP contribution >= 0.6 is 0 Å². The van der Waals surface area contributed by atoms with Crippen LogP contribution in [0.4, 0.5) is 18.0 Å². The number of hydrogen-bond donors (Lipinski definition) is 3. The van der Waals surface area contributed by atoms with Crippen molar-refractivity contribution in [2.45, 2.75) is 146 Å².